The zero-order valence-electron chi connectivity index (χ0n) is 11.2. The van der Waals surface area contributed by atoms with Crippen molar-refractivity contribution in [1.29, 1.82) is 0 Å². The van der Waals surface area contributed by atoms with Crippen LogP contribution in [-0.2, 0) is 15.1 Å². The van der Waals surface area contributed by atoms with Crippen molar-refractivity contribution in [3.05, 3.63) is 83.4 Å². The Balaban J connectivity index is 2.49. The van der Waals surface area contributed by atoms with E-state index in [1.54, 1.807) is 0 Å². The van der Waals surface area contributed by atoms with Gasteiger partial charge in [-0.15, -0.1) is 0 Å². The van der Waals surface area contributed by atoms with Crippen molar-refractivity contribution in [1.82, 2.24) is 0 Å². The van der Waals surface area contributed by atoms with Crippen molar-refractivity contribution in [2.24, 2.45) is 0 Å². The van der Waals surface area contributed by atoms with E-state index >= 15 is 0 Å². The van der Waals surface area contributed by atoms with Gasteiger partial charge in [0.2, 0.25) is 0 Å². The molecule has 3 heteroatoms. The quantitative estimate of drug-likeness (QED) is 0.620. The molecule has 0 unspecified atom stereocenters. The monoisotopic (exact) mass is 286 g/mol. The van der Waals surface area contributed by atoms with E-state index < -0.39 is 11.6 Å². The lowest BCUT2D eigenvalue weighted by Crippen LogP contribution is -2.30. The van der Waals surface area contributed by atoms with E-state index in [0.717, 1.165) is 11.1 Å². The van der Waals surface area contributed by atoms with E-state index in [0.29, 0.717) is 0 Å². The second-order valence-corrected chi connectivity index (χ2v) is 5.02. The molecule has 20 heavy (non-hydrogen) atoms. The summed E-state index contributed by atoms with van der Waals surface area (Å²) in [5.74, 6) is -0.623. The lowest BCUT2D eigenvalue weighted by Gasteiger charge is -2.30. The summed E-state index contributed by atoms with van der Waals surface area (Å²) in [4.78, 5) is 11.9. The minimum absolute atomic E-state index is 0.136. The maximum Gasteiger partial charge on any atom is 0.350 e. The largest absolute Gasteiger partial charge is 0.445 e. The van der Waals surface area contributed by atoms with Gasteiger partial charge in [0.25, 0.3) is 0 Å². The number of ether oxygens (including phenoxy) is 1. The van der Waals surface area contributed by atoms with Gasteiger partial charge in [-0.3, -0.25) is 0 Å². The lowest BCUT2D eigenvalue weighted by atomic mass is 9.88. The Kier molecular flexibility index (Phi) is 4.26. The number of carbonyl (C=O) groups excluding carboxylic acids is 1. The van der Waals surface area contributed by atoms with Crippen LogP contribution in [0.3, 0.4) is 0 Å². The second-order valence-electron chi connectivity index (χ2n) is 4.56. The summed E-state index contributed by atoms with van der Waals surface area (Å²) in [7, 11) is 0. The second kappa shape index (κ2) is 5.93. The van der Waals surface area contributed by atoms with Crippen molar-refractivity contribution in [3.8, 4) is 0 Å². The zero-order valence-corrected chi connectivity index (χ0v) is 11.9. The van der Waals surface area contributed by atoms with Crippen LogP contribution >= 0.6 is 11.6 Å². The number of benzene rings is 2. The predicted octanol–water partition coefficient (Wildman–Crippen LogP) is 4.25. The summed E-state index contributed by atoms with van der Waals surface area (Å²) in [6, 6.07) is 19.1. The average molecular weight is 287 g/mol. The third-order valence-corrected chi connectivity index (χ3v) is 3.32. The van der Waals surface area contributed by atoms with Gasteiger partial charge in [-0.25, -0.2) is 4.79 Å². The molecule has 0 aliphatic heterocycles. The molecule has 0 spiro atoms. The molecule has 0 bridgehead atoms. The standard InChI is InChI=1S/C17H15ClO2/c1-13(18)16(19)20-17(2,14-9-5-3-6-10-14)15-11-7-4-8-12-15/h3-12H,1H2,2H3. The van der Waals surface area contributed by atoms with E-state index in [2.05, 4.69) is 6.58 Å². The van der Waals surface area contributed by atoms with Crippen molar-refractivity contribution >= 4 is 17.6 Å². The first-order valence-corrected chi connectivity index (χ1v) is 6.60. The first-order valence-electron chi connectivity index (χ1n) is 6.23. The molecule has 2 aromatic rings. The maximum atomic E-state index is 11.9. The third-order valence-electron chi connectivity index (χ3n) is 3.17. The topological polar surface area (TPSA) is 26.3 Å². The molecule has 102 valence electrons. The SMILES string of the molecule is C=C(Cl)C(=O)OC(C)(c1ccccc1)c1ccccc1. The van der Waals surface area contributed by atoms with Crippen LogP contribution in [0.4, 0.5) is 0 Å². The minimum Gasteiger partial charge on any atom is -0.445 e. The fourth-order valence-electron chi connectivity index (χ4n) is 2.04. The van der Waals surface area contributed by atoms with Crippen LogP contribution in [0, 0.1) is 0 Å². The van der Waals surface area contributed by atoms with Crippen LogP contribution in [0.2, 0.25) is 0 Å². The van der Waals surface area contributed by atoms with Gasteiger partial charge in [0.1, 0.15) is 5.03 Å². The minimum atomic E-state index is -0.905. The Bertz CT molecular complexity index is 566. The van der Waals surface area contributed by atoms with Gasteiger partial charge in [-0.2, -0.15) is 0 Å². The Morgan fingerprint density at radius 1 is 1.00 bits per heavy atom. The van der Waals surface area contributed by atoms with Gasteiger partial charge in [0, 0.05) is 0 Å². The summed E-state index contributed by atoms with van der Waals surface area (Å²) in [6.07, 6.45) is 0. The van der Waals surface area contributed by atoms with E-state index in [4.69, 9.17) is 16.3 Å². The summed E-state index contributed by atoms with van der Waals surface area (Å²) < 4.78 is 5.60. The van der Waals surface area contributed by atoms with Crippen LogP contribution < -0.4 is 0 Å². The first kappa shape index (κ1) is 14.4. The zero-order chi connectivity index (χ0) is 14.6. The van der Waals surface area contributed by atoms with Crippen LogP contribution in [0.15, 0.2) is 72.3 Å². The molecule has 0 radical (unpaired) electrons. The average Bonchev–Trinajstić information content (AvgIpc) is 2.48. The molecule has 0 fully saturated rings. The molecular weight excluding hydrogens is 272 g/mol. The highest BCUT2D eigenvalue weighted by molar-refractivity contribution is 6.40. The van der Waals surface area contributed by atoms with Crippen LogP contribution in [-0.4, -0.2) is 5.97 Å². The molecule has 0 saturated carbocycles. The number of hydrogen-bond donors (Lipinski definition) is 0. The van der Waals surface area contributed by atoms with Crippen LogP contribution in [0.25, 0.3) is 0 Å². The normalized spacial score (nSPS) is 10.9. The summed E-state index contributed by atoms with van der Waals surface area (Å²) in [5.41, 5.74) is 0.840. The van der Waals surface area contributed by atoms with Gasteiger partial charge in [-0.05, 0) is 18.1 Å². The number of esters is 1. The highest BCUT2D eigenvalue weighted by Gasteiger charge is 2.33. The molecular formula is C17H15ClO2. The van der Waals surface area contributed by atoms with E-state index in [1.165, 1.54) is 0 Å². The third kappa shape index (κ3) is 2.91. The maximum absolute atomic E-state index is 11.9. The molecule has 2 nitrogen and oxygen atoms in total. The van der Waals surface area contributed by atoms with Crippen molar-refractivity contribution < 1.29 is 9.53 Å². The molecule has 0 N–H and O–H groups in total. The molecule has 0 amide bonds. The molecule has 0 atom stereocenters. The van der Waals surface area contributed by atoms with Crippen LogP contribution in [0.1, 0.15) is 18.1 Å². The van der Waals surface area contributed by atoms with Crippen LogP contribution in [0.5, 0.6) is 0 Å². The summed E-state index contributed by atoms with van der Waals surface area (Å²) >= 11 is 5.64. The van der Waals surface area contributed by atoms with E-state index in [1.807, 2.05) is 67.6 Å². The molecule has 0 saturated heterocycles. The lowest BCUT2D eigenvalue weighted by molar-refractivity contribution is -0.149. The smallest absolute Gasteiger partial charge is 0.350 e. The number of hydrogen-bond acceptors (Lipinski definition) is 2. The Morgan fingerprint density at radius 2 is 1.40 bits per heavy atom. The fraction of sp³-hybridized carbons (Fsp3) is 0.118. The number of carbonyl (C=O) groups is 1. The summed E-state index contributed by atoms with van der Waals surface area (Å²) in [5, 5.41) is -0.136. The van der Waals surface area contributed by atoms with Gasteiger partial charge in [0.15, 0.2) is 5.60 Å². The first-order chi connectivity index (χ1) is 9.54. The van der Waals surface area contributed by atoms with Crippen molar-refractivity contribution in [2.75, 3.05) is 0 Å². The number of halogens is 1. The Labute approximate surface area is 123 Å². The van der Waals surface area contributed by atoms with Crippen molar-refractivity contribution in [2.45, 2.75) is 12.5 Å². The molecule has 0 aliphatic carbocycles. The van der Waals surface area contributed by atoms with E-state index in [-0.39, 0.29) is 5.03 Å². The molecule has 2 rings (SSSR count). The van der Waals surface area contributed by atoms with E-state index in [9.17, 15) is 4.79 Å². The highest BCUT2D eigenvalue weighted by atomic mass is 35.5. The summed E-state index contributed by atoms with van der Waals surface area (Å²) in [6.45, 7) is 5.26. The molecule has 0 heterocycles. The van der Waals surface area contributed by atoms with Gasteiger partial charge >= 0.3 is 5.97 Å². The van der Waals surface area contributed by atoms with Gasteiger partial charge in [0.05, 0.1) is 0 Å². The van der Waals surface area contributed by atoms with Crippen molar-refractivity contribution in [3.63, 3.8) is 0 Å². The van der Waals surface area contributed by atoms with Gasteiger partial charge < -0.3 is 4.74 Å². The predicted molar refractivity (Wildman–Crippen MR) is 80.4 cm³/mol. The Morgan fingerprint density at radius 3 is 1.75 bits per heavy atom. The Hall–Kier alpha value is -2.06. The molecule has 0 aromatic heterocycles. The number of rotatable bonds is 4. The highest BCUT2D eigenvalue weighted by Crippen LogP contribution is 2.34. The fourth-order valence-corrected chi connectivity index (χ4v) is 2.08. The molecule has 2 aromatic carbocycles. The molecule has 0 aliphatic rings. The van der Waals surface area contributed by atoms with Gasteiger partial charge in [-0.1, -0.05) is 78.8 Å².